The van der Waals surface area contributed by atoms with Crippen LogP contribution in [0.4, 0.5) is 0 Å². The number of hydrogen-bond donors (Lipinski definition) is 1. The Balaban J connectivity index is 2.71. The number of carbonyl (C=O) groups is 1. The van der Waals surface area contributed by atoms with Crippen LogP contribution < -0.4 is 5.32 Å². The van der Waals surface area contributed by atoms with Gasteiger partial charge in [0.2, 0.25) is 0 Å². The van der Waals surface area contributed by atoms with Crippen LogP contribution in [-0.2, 0) is 16.0 Å². The van der Waals surface area contributed by atoms with Gasteiger partial charge < -0.3 is 10.1 Å². The average molecular weight is 256 g/mol. The Kier molecular flexibility index (Phi) is 5.45. The number of rotatable bonds is 5. The van der Waals surface area contributed by atoms with E-state index in [1.54, 1.807) is 0 Å². The summed E-state index contributed by atoms with van der Waals surface area (Å²) in [7, 11) is 1.40. The summed E-state index contributed by atoms with van der Waals surface area (Å²) in [4.78, 5) is 11.6. The summed E-state index contributed by atoms with van der Waals surface area (Å²) in [6.45, 7) is 4.00. The summed E-state index contributed by atoms with van der Waals surface area (Å²) in [5.41, 5.74) is 1.05. The zero-order chi connectivity index (χ0) is 12.8. The second-order valence-electron chi connectivity index (χ2n) is 4.23. The van der Waals surface area contributed by atoms with E-state index < -0.39 is 0 Å². The average Bonchev–Trinajstić information content (AvgIpc) is 2.29. The van der Waals surface area contributed by atoms with Crippen molar-refractivity contribution in [2.24, 2.45) is 0 Å². The van der Waals surface area contributed by atoms with E-state index in [4.69, 9.17) is 16.3 Å². The smallest absolute Gasteiger partial charge is 0.323 e. The molecule has 1 aromatic carbocycles. The van der Waals surface area contributed by atoms with Crippen LogP contribution in [0.15, 0.2) is 24.3 Å². The minimum atomic E-state index is -0.318. The number of halogens is 1. The number of methoxy groups -OCH3 is 1. The highest BCUT2D eigenvalue weighted by Gasteiger charge is 2.19. The molecule has 17 heavy (non-hydrogen) atoms. The lowest BCUT2D eigenvalue weighted by Gasteiger charge is -2.19. The molecule has 0 spiro atoms. The lowest BCUT2D eigenvalue weighted by molar-refractivity contribution is -0.143. The van der Waals surface area contributed by atoms with Gasteiger partial charge in [-0.1, -0.05) is 37.6 Å². The summed E-state index contributed by atoms with van der Waals surface area (Å²) in [5, 5.41) is 3.88. The van der Waals surface area contributed by atoms with Crippen molar-refractivity contribution in [2.75, 3.05) is 7.11 Å². The number of benzene rings is 1. The van der Waals surface area contributed by atoms with Crippen LogP contribution in [0.3, 0.4) is 0 Å². The molecule has 94 valence electrons. The molecule has 0 aromatic heterocycles. The van der Waals surface area contributed by atoms with Gasteiger partial charge in [-0.3, -0.25) is 4.79 Å². The van der Waals surface area contributed by atoms with Crippen molar-refractivity contribution in [3.05, 3.63) is 34.9 Å². The number of ether oxygens (including phenoxy) is 1. The van der Waals surface area contributed by atoms with Gasteiger partial charge in [0.05, 0.1) is 7.11 Å². The fourth-order valence-electron chi connectivity index (χ4n) is 1.61. The van der Waals surface area contributed by atoms with Crippen LogP contribution in [0, 0.1) is 0 Å². The summed E-state index contributed by atoms with van der Waals surface area (Å²) >= 11 is 5.82. The number of nitrogens with one attached hydrogen (secondary N) is 1. The van der Waals surface area contributed by atoms with E-state index in [1.807, 2.05) is 38.1 Å². The van der Waals surface area contributed by atoms with Crippen molar-refractivity contribution in [2.45, 2.75) is 32.4 Å². The largest absolute Gasteiger partial charge is 0.468 e. The van der Waals surface area contributed by atoms with E-state index in [2.05, 4.69) is 5.32 Å². The van der Waals surface area contributed by atoms with Crippen LogP contribution >= 0.6 is 11.6 Å². The highest BCUT2D eigenvalue weighted by molar-refractivity contribution is 6.30. The number of hydrogen-bond acceptors (Lipinski definition) is 3. The maximum absolute atomic E-state index is 11.6. The third-order valence-corrected chi connectivity index (χ3v) is 2.63. The summed E-state index contributed by atoms with van der Waals surface area (Å²) in [5.74, 6) is -0.242. The lowest BCUT2D eigenvalue weighted by Crippen LogP contribution is -2.43. The standard InChI is InChI=1S/C13H18ClNO2/c1-9(2)15-12(13(16)17-3)8-10-4-6-11(14)7-5-10/h4-7,9,12,15H,8H2,1-3H3. The fraction of sp³-hybridized carbons (Fsp3) is 0.462. The molecule has 0 fully saturated rings. The molecule has 0 aliphatic heterocycles. The molecule has 1 atom stereocenters. The number of carbonyl (C=O) groups excluding carboxylic acids is 1. The monoisotopic (exact) mass is 255 g/mol. The lowest BCUT2D eigenvalue weighted by atomic mass is 10.1. The predicted molar refractivity (Wildman–Crippen MR) is 69.2 cm³/mol. The molecule has 3 nitrogen and oxygen atoms in total. The third-order valence-electron chi connectivity index (χ3n) is 2.37. The van der Waals surface area contributed by atoms with Crippen LogP contribution in [0.25, 0.3) is 0 Å². The van der Waals surface area contributed by atoms with Gasteiger partial charge in [0, 0.05) is 11.1 Å². The van der Waals surface area contributed by atoms with Gasteiger partial charge in [0.15, 0.2) is 0 Å². The molecule has 0 aliphatic rings. The fourth-order valence-corrected chi connectivity index (χ4v) is 1.74. The van der Waals surface area contributed by atoms with Gasteiger partial charge in [-0.05, 0) is 24.1 Å². The summed E-state index contributed by atoms with van der Waals surface area (Å²) in [6.07, 6.45) is 0.599. The van der Waals surface area contributed by atoms with Crippen LogP contribution in [-0.4, -0.2) is 25.2 Å². The van der Waals surface area contributed by atoms with E-state index >= 15 is 0 Å². The van der Waals surface area contributed by atoms with Crippen LogP contribution in [0.2, 0.25) is 5.02 Å². The number of esters is 1. The molecule has 0 saturated heterocycles. The normalized spacial score (nSPS) is 12.5. The van der Waals surface area contributed by atoms with E-state index in [1.165, 1.54) is 7.11 Å². The Morgan fingerprint density at radius 1 is 1.35 bits per heavy atom. The molecular formula is C13H18ClNO2. The van der Waals surface area contributed by atoms with Crippen LogP contribution in [0.5, 0.6) is 0 Å². The summed E-state index contributed by atoms with van der Waals surface area (Å²) in [6, 6.07) is 7.38. The van der Waals surface area contributed by atoms with Crippen molar-refractivity contribution < 1.29 is 9.53 Å². The van der Waals surface area contributed by atoms with Crippen molar-refractivity contribution in [1.82, 2.24) is 5.32 Å². The highest BCUT2D eigenvalue weighted by atomic mass is 35.5. The minimum absolute atomic E-state index is 0.228. The Labute approximate surface area is 107 Å². The first-order valence-electron chi connectivity index (χ1n) is 5.61. The van der Waals surface area contributed by atoms with E-state index in [0.717, 1.165) is 5.56 Å². The van der Waals surface area contributed by atoms with E-state index in [9.17, 15) is 4.79 Å². The molecule has 1 N–H and O–H groups in total. The molecule has 0 amide bonds. The Hall–Kier alpha value is -1.06. The van der Waals surface area contributed by atoms with Gasteiger partial charge in [0.1, 0.15) is 6.04 Å². The summed E-state index contributed by atoms with van der Waals surface area (Å²) < 4.78 is 4.78. The SMILES string of the molecule is COC(=O)C(Cc1ccc(Cl)cc1)NC(C)C. The maximum Gasteiger partial charge on any atom is 0.323 e. The second kappa shape index (κ2) is 6.62. The van der Waals surface area contributed by atoms with Crippen LogP contribution in [0.1, 0.15) is 19.4 Å². The molecule has 0 saturated carbocycles. The predicted octanol–water partition coefficient (Wildman–Crippen LogP) is 2.42. The van der Waals surface area contributed by atoms with Crippen molar-refractivity contribution in [3.8, 4) is 0 Å². The zero-order valence-corrected chi connectivity index (χ0v) is 11.1. The Bertz CT molecular complexity index is 362. The topological polar surface area (TPSA) is 38.3 Å². The second-order valence-corrected chi connectivity index (χ2v) is 4.66. The van der Waals surface area contributed by atoms with Gasteiger partial charge in [-0.2, -0.15) is 0 Å². The van der Waals surface area contributed by atoms with E-state index in [0.29, 0.717) is 11.4 Å². The molecular weight excluding hydrogens is 238 g/mol. The van der Waals surface area contributed by atoms with Crippen molar-refractivity contribution in [3.63, 3.8) is 0 Å². The molecule has 1 unspecified atom stereocenters. The van der Waals surface area contributed by atoms with Crippen molar-refractivity contribution in [1.29, 1.82) is 0 Å². The highest BCUT2D eigenvalue weighted by Crippen LogP contribution is 2.11. The molecule has 4 heteroatoms. The molecule has 1 aromatic rings. The van der Waals surface area contributed by atoms with Gasteiger partial charge in [-0.15, -0.1) is 0 Å². The first-order chi connectivity index (χ1) is 8.02. The first-order valence-corrected chi connectivity index (χ1v) is 5.99. The molecule has 0 bridgehead atoms. The molecule has 1 rings (SSSR count). The van der Waals surface area contributed by atoms with Gasteiger partial charge in [-0.25, -0.2) is 0 Å². The van der Waals surface area contributed by atoms with E-state index in [-0.39, 0.29) is 18.1 Å². The molecule has 0 radical (unpaired) electrons. The Morgan fingerprint density at radius 2 is 1.94 bits per heavy atom. The third kappa shape index (κ3) is 4.75. The molecule has 0 heterocycles. The maximum atomic E-state index is 11.6. The first kappa shape index (κ1) is 14.0. The Morgan fingerprint density at radius 3 is 2.41 bits per heavy atom. The van der Waals surface area contributed by atoms with Crippen molar-refractivity contribution >= 4 is 17.6 Å². The minimum Gasteiger partial charge on any atom is -0.468 e. The zero-order valence-electron chi connectivity index (χ0n) is 10.4. The quantitative estimate of drug-likeness (QED) is 0.822. The molecule has 0 aliphatic carbocycles. The van der Waals surface area contributed by atoms with Gasteiger partial charge >= 0.3 is 5.97 Å². The van der Waals surface area contributed by atoms with Gasteiger partial charge in [0.25, 0.3) is 0 Å².